The van der Waals surface area contributed by atoms with Gasteiger partial charge in [0.05, 0.1) is 7.11 Å². The zero-order valence-corrected chi connectivity index (χ0v) is 11.2. The van der Waals surface area contributed by atoms with Crippen LogP contribution in [0.5, 0.6) is 5.75 Å². The average Bonchev–Trinajstić information content (AvgIpc) is 2.29. The Kier molecular flexibility index (Phi) is 3.55. The number of rotatable bonds is 2. The molecule has 2 nitrogen and oxygen atoms in total. The largest absolute Gasteiger partial charge is 0.497 e. The summed E-state index contributed by atoms with van der Waals surface area (Å²) in [7, 11) is 1.68. The molecule has 0 unspecified atom stereocenters. The van der Waals surface area contributed by atoms with Crippen molar-refractivity contribution in [1.29, 1.82) is 0 Å². The molecule has 1 fully saturated rings. The molecule has 88 valence electrons. The predicted octanol–water partition coefficient (Wildman–Crippen LogP) is 3.58. The zero-order chi connectivity index (χ0) is 11.6. The molecule has 0 saturated heterocycles. The third-order valence-corrected chi connectivity index (χ3v) is 4.11. The van der Waals surface area contributed by atoms with Gasteiger partial charge in [0, 0.05) is 10.0 Å². The number of hydrogen-bond donors (Lipinski definition) is 1. The minimum Gasteiger partial charge on any atom is -0.497 e. The van der Waals surface area contributed by atoms with Gasteiger partial charge in [0.25, 0.3) is 0 Å². The first-order chi connectivity index (χ1) is 7.65. The van der Waals surface area contributed by atoms with Crippen molar-refractivity contribution >= 4 is 15.9 Å². The molecule has 0 aromatic heterocycles. The minimum absolute atomic E-state index is 0.149. The molecule has 2 rings (SSSR count). The van der Waals surface area contributed by atoms with Crippen LogP contribution in [0.2, 0.25) is 0 Å². The van der Waals surface area contributed by atoms with E-state index in [0.717, 1.165) is 23.1 Å². The molecule has 0 radical (unpaired) electrons. The molecule has 0 amide bonds. The van der Waals surface area contributed by atoms with E-state index in [1.807, 2.05) is 12.1 Å². The van der Waals surface area contributed by atoms with E-state index >= 15 is 0 Å². The second-order valence-electron chi connectivity index (χ2n) is 4.56. The summed E-state index contributed by atoms with van der Waals surface area (Å²) >= 11 is 3.60. The Bertz CT molecular complexity index is 372. The van der Waals surface area contributed by atoms with Gasteiger partial charge in [0.15, 0.2) is 0 Å². The number of halogens is 1. The van der Waals surface area contributed by atoms with Crippen LogP contribution in [-0.4, -0.2) is 7.11 Å². The van der Waals surface area contributed by atoms with E-state index in [2.05, 4.69) is 22.0 Å². The molecule has 3 heteroatoms. The van der Waals surface area contributed by atoms with Crippen LogP contribution >= 0.6 is 15.9 Å². The third-order valence-electron chi connectivity index (χ3n) is 3.46. The van der Waals surface area contributed by atoms with E-state index in [9.17, 15) is 0 Å². The minimum atomic E-state index is -0.149. The molecule has 0 aliphatic heterocycles. The lowest BCUT2D eigenvalue weighted by molar-refractivity contribution is 0.301. The van der Waals surface area contributed by atoms with E-state index < -0.39 is 0 Å². The number of ether oxygens (including phenoxy) is 1. The standard InChI is InChI=1S/C13H18BrNO/c1-16-10-5-6-11(12(14)9-10)13(15)7-3-2-4-8-13/h5-6,9H,2-4,7-8,15H2,1H3. The van der Waals surface area contributed by atoms with Gasteiger partial charge in [-0.05, 0) is 30.5 Å². The van der Waals surface area contributed by atoms with Gasteiger partial charge in [-0.3, -0.25) is 0 Å². The van der Waals surface area contributed by atoms with Gasteiger partial charge in [0.1, 0.15) is 5.75 Å². The Balaban J connectivity index is 2.32. The lowest BCUT2D eigenvalue weighted by Crippen LogP contribution is -2.38. The van der Waals surface area contributed by atoms with E-state index in [1.165, 1.54) is 24.8 Å². The first kappa shape index (κ1) is 11.9. The predicted molar refractivity (Wildman–Crippen MR) is 69.6 cm³/mol. The van der Waals surface area contributed by atoms with Crippen LogP contribution in [0, 0.1) is 0 Å². The summed E-state index contributed by atoms with van der Waals surface area (Å²) in [5.74, 6) is 0.870. The van der Waals surface area contributed by atoms with Crippen LogP contribution in [-0.2, 0) is 5.54 Å². The monoisotopic (exact) mass is 283 g/mol. The van der Waals surface area contributed by atoms with Gasteiger partial charge in [-0.1, -0.05) is 41.3 Å². The number of benzene rings is 1. The highest BCUT2D eigenvalue weighted by molar-refractivity contribution is 9.10. The highest BCUT2D eigenvalue weighted by Gasteiger charge is 2.31. The average molecular weight is 284 g/mol. The summed E-state index contributed by atoms with van der Waals surface area (Å²) in [4.78, 5) is 0. The number of hydrogen-bond acceptors (Lipinski definition) is 2. The normalized spacial score (nSPS) is 19.4. The molecule has 0 spiro atoms. The highest BCUT2D eigenvalue weighted by atomic mass is 79.9. The maximum atomic E-state index is 6.50. The fraction of sp³-hybridized carbons (Fsp3) is 0.538. The van der Waals surface area contributed by atoms with Crippen molar-refractivity contribution in [3.05, 3.63) is 28.2 Å². The van der Waals surface area contributed by atoms with Crippen LogP contribution in [0.4, 0.5) is 0 Å². The van der Waals surface area contributed by atoms with E-state index in [0.29, 0.717) is 0 Å². The SMILES string of the molecule is COc1ccc(C2(N)CCCCC2)c(Br)c1. The second-order valence-corrected chi connectivity index (χ2v) is 5.42. The highest BCUT2D eigenvalue weighted by Crippen LogP contribution is 2.39. The van der Waals surface area contributed by atoms with Crippen LogP contribution in [0.15, 0.2) is 22.7 Å². The molecule has 1 aromatic carbocycles. The van der Waals surface area contributed by atoms with Gasteiger partial charge >= 0.3 is 0 Å². The van der Waals surface area contributed by atoms with Crippen LogP contribution in [0.25, 0.3) is 0 Å². The van der Waals surface area contributed by atoms with Crippen molar-refractivity contribution in [2.75, 3.05) is 7.11 Å². The smallest absolute Gasteiger partial charge is 0.120 e. The number of nitrogens with two attached hydrogens (primary N) is 1. The maximum absolute atomic E-state index is 6.50. The van der Waals surface area contributed by atoms with Gasteiger partial charge < -0.3 is 10.5 Å². The number of methoxy groups -OCH3 is 1. The van der Waals surface area contributed by atoms with Gasteiger partial charge in [-0.2, -0.15) is 0 Å². The Morgan fingerprint density at radius 2 is 1.94 bits per heavy atom. The summed E-state index contributed by atoms with van der Waals surface area (Å²) in [6.07, 6.45) is 5.94. The molecule has 0 heterocycles. The Morgan fingerprint density at radius 1 is 1.25 bits per heavy atom. The first-order valence-electron chi connectivity index (χ1n) is 5.79. The van der Waals surface area contributed by atoms with Crippen molar-refractivity contribution in [2.45, 2.75) is 37.6 Å². The molecule has 1 saturated carbocycles. The van der Waals surface area contributed by atoms with Crippen LogP contribution in [0.1, 0.15) is 37.7 Å². The summed E-state index contributed by atoms with van der Waals surface area (Å²) in [6, 6.07) is 6.08. The lowest BCUT2D eigenvalue weighted by Gasteiger charge is -2.34. The maximum Gasteiger partial charge on any atom is 0.120 e. The molecule has 2 N–H and O–H groups in total. The van der Waals surface area contributed by atoms with E-state index in [1.54, 1.807) is 7.11 Å². The third kappa shape index (κ3) is 2.25. The fourth-order valence-electron chi connectivity index (χ4n) is 2.48. The van der Waals surface area contributed by atoms with Gasteiger partial charge in [-0.25, -0.2) is 0 Å². The van der Waals surface area contributed by atoms with E-state index in [-0.39, 0.29) is 5.54 Å². The molecular weight excluding hydrogens is 266 g/mol. The molecule has 1 aliphatic rings. The topological polar surface area (TPSA) is 35.2 Å². The van der Waals surface area contributed by atoms with Crippen molar-refractivity contribution in [3.8, 4) is 5.75 Å². The van der Waals surface area contributed by atoms with Crippen molar-refractivity contribution in [3.63, 3.8) is 0 Å². The van der Waals surface area contributed by atoms with Crippen LogP contribution < -0.4 is 10.5 Å². The Morgan fingerprint density at radius 3 is 2.50 bits per heavy atom. The molecule has 1 aliphatic carbocycles. The summed E-state index contributed by atoms with van der Waals surface area (Å²) in [5.41, 5.74) is 7.57. The van der Waals surface area contributed by atoms with Gasteiger partial charge in [0.2, 0.25) is 0 Å². The zero-order valence-electron chi connectivity index (χ0n) is 9.63. The summed E-state index contributed by atoms with van der Waals surface area (Å²) in [5, 5.41) is 0. The molecule has 16 heavy (non-hydrogen) atoms. The van der Waals surface area contributed by atoms with Gasteiger partial charge in [-0.15, -0.1) is 0 Å². The van der Waals surface area contributed by atoms with Crippen molar-refractivity contribution in [2.24, 2.45) is 5.73 Å². The quantitative estimate of drug-likeness (QED) is 0.901. The second kappa shape index (κ2) is 4.76. The Labute approximate surface area is 105 Å². The lowest BCUT2D eigenvalue weighted by atomic mass is 9.77. The molecule has 0 atom stereocenters. The van der Waals surface area contributed by atoms with E-state index in [4.69, 9.17) is 10.5 Å². The molecule has 1 aromatic rings. The molecule has 0 bridgehead atoms. The summed E-state index contributed by atoms with van der Waals surface area (Å²) < 4.78 is 6.27. The summed E-state index contributed by atoms with van der Waals surface area (Å²) in [6.45, 7) is 0. The first-order valence-corrected chi connectivity index (χ1v) is 6.58. The van der Waals surface area contributed by atoms with Crippen molar-refractivity contribution < 1.29 is 4.74 Å². The van der Waals surface area contributed by atoms with Crippen molar-refractivity contribution in [1.82, 2.24) is 0 Å². The fourth-order valence-corrected chi connectivity index (χ4v) is 3.23. The van der Waals surface area contributed by atoms with Crippen LogP contribution in [0.3, 0.4) is 0 Å². The Hall–Kier alpha value is -0.540. The molecular formula is C13H18BrNO.